The Hall–Kier alpha value is 0.163. The zero-order valence-electron chi connectivity index (χ0n) is 16.8. The second kappa shape index (κ2) is 16.3. The minimum Gasteiger partial charge on any atom is -1.00 e. The molecule has 2 rings (SSSR count). The summed E-state index contributed by atoms with van der Waals surface area (Å²) in [5.74, 6) is 0. The summed E-state index contributed by atoms with van der Waals surface area (Å²) in [6.07, 6.45) is 7.12. The maximum Gasteiger partial charge on any atom is 4.00 e. The van der Waals surface area contributed by atoms with E-state index in [1.165, 1.54) is 38.5 Å². The number of halogens is 2. The summed E-state index contributed by atoms with van der Waals surface area (Å²) in [6, 6.07) is 9.10. The van der Waals surface area contributed by atoms with E-state index in [9.17, 15) is 0 Å². The van der Waals surface area contributed by atoms with Crippen molar-refractivity contribution in [3.63, 3.8) is 0 Å². The molecule has 0 spiro atoms. The van der Waals surface area contributed by atoms with Crippen LogP contribution in [-0.4, -0.2) is 0 Å². The Morgan fingerprint density at radius 3 is 1.12 bits per heavy atom. The van der Waals surface area contributed by atoms with Crippen LogP contribution >= 0.6 is 0 Å². The molecule has 2 aromatic carbocycles. The first-order valence-electron chi connectivity index (χ1n) is 9.19. The van der Waals surface area contributed by atoms with Crippen molar-refractivity contribution in [1.29, 1.82) is 0 Å². The standard InChI is InChI=1S/2C11H17.2ClH.Zr/c2*1-4-9-7-8-10(5-2)11(9)6-3;;;/h2*7-8H,4-6H2,1-3H3;2*1H;/q2*-1;;;+4/p-2. The molecular weight excluding hydrogens is 426 g/mol. The van der Waals surface area contributed by atoms with Crippen molar-refractivity contribution in [2.45, 2.75) is 80.1 Å². The van der Waals surface area contributed by atoms with Gasteiger partial charge in [0, 0.05) is 0 Å². The van der Waals surface area contributed by atoms with Gasteiger partial charge in [-0.2, -0.15) is 45.5 Å². The first-order valence-corrected chi connectivity index (χ1v) is 9.19. The van der Waals surface area contributed by atoms with Crippen molar-refractivity contribution in [3.8, 4) is 0 Å². The molecule has 0 N–H and O–H groups in total. The molecule has 140 valence electrons. The van der Waals surface area contributed by atoms with E-state index in [2.05, 4.69) is 65.8 Å². The molecule has 0 radical (unpaired) electrons. The van der Waals surface area contributed by atoms with E-state index >= 15 is 0 Å². The zero-order valence-corrected chi connectivity index (χ0v) is 20.8. The van der Waals surface area contributed by atoms with E-state index in [1.54, 1.807) is 33.4 Å². The summed E-state index contributed by atoms with van der Waals surface area (Å²) in [7, 11) is 0. The Labute approximate surface area is 187 Å². The third-order valence-corrected chi connectivity index (χ3v) is 4.75. The van der Waals surface area contributed by atoms with Crippen LogP contribution in [0.25, 0.3) is 0 Å². The van der Waals surface area contributed by atoms with Gasteiger partial charge in [-0.05, 0) is 0 Å². The molecule has 0 amide bonds. The van der Waals surface area contributed by atoms with Crippen molar-refractivity contribution >= 4 is 0 Å². The van der Waals surface area contributed by atoms with Gasteiger partial charge in [0.25, 0.3) is 0 Å². The molecule has 0 heterocycles. The van der Waals surface area contributed by atoms with Crippen molar-refractivity contribution in [2.75, 3.05) is 0 Å². The molecule has 0 aliphatic carbocycles. The van der Waals surface area contributed by atoms with Gasteiger partial charge in [-0.3, -0.25) is 0 Å². The number of hydrogen-bond acceptors (Lipinski definition) is 0. The molecule has 0 unspecified atom stereocenters. The SMILES string of the molecule is CCc1cc[c-](CC)c1CC.CCc1cc[c-](CC)c1CC.[Cl-].[Cl-].[Zr+4]. The van der Waals surface area contributed by atoms with E-state index in [1.807, 2.05) is 0 Å². The molecule has 2 aromatic rings. The monoisotopic (exact) mass is 458 g/mol. The maximum atomic E-state index is 2.28. The third kappa shape index (κ3) is 8.15. The molecule has 0 saturated heterocycles. The van der Waals surface area contributed by atoms with Crippen molar-refractivity contribution in [3.05, 3.63) is 57.6 Å². The molecule has 0 nitrogen and oxygen atoms in total. The van der Waals surface area contributed by atoms with Crippen LogP contribution in [0.2, 0.25) is 0 Å². The van der Waals surface area contributed by atoms with E-state index in [0.29, 0.717) is 0 Å². The topological polar surface area (TPSA) is 0 Å². The minimum atomic E-state index is 0. The van der Waals surface area contributed by atoms with E-state index < -0.39 is 0 Å². The molecule has 0 aliphatic heterocycles. The smallest absolute Gasteiger partial charge is 1.00 e. The molecule has 0 fully saturated rings. The molecule has 0 bridgehead atoms. The first kappa shape index (κ1) is 29.9. The Kier molecular flexibility index (Phi) is 19.6. The number of rotatable bonds is 6. The molecule has 0 aliphatic rings. The predicted octanol–water partition coefficient (Wildman–Crippen LogP) is 0.191. The van der Waals surface area contributed by atoms with Crippen molar-refractivity contribution < 1.29 is 51.0 Å². The fraction of sp³-hybridized carbons (Fsp3) is 0.545. The van der Waals surface area contributed by atoms with Gasteiger partial charge in [0.1, 0.15) is 0 Å². The normalized spacial score (nSPS) is 9.20. The Morgan fingerprint density at radius 1 is 0.600 bits per heavy atom. The fourth-order valence-electron chi connectivity index (χ4n) is 3.45. The Morgan fingerprint density at radius 2 is 0.920 bits per heavy atom. The van der Waals surface area contributed by atoms with Gasteiger partial charge in [0.2, 0.25) is 0 Å². The van der Waals surface area contributed by atoms with Gasteiger partial charge < -0.3 is 24.8 Å². The predicted molar refractivity (Wildman–Crippen MR) is 100 cm³/mol. The fourth-order valence-corrected chi connectivity index (χ4v) is 3.45. The quantitative estimate of drug-likeness (QED) is 0.540. The van der Waals surface area contributed by atoms with Crippen molar-refractivity contribution in [1.82, 2.24) is 0 Å². The van der Waals surface area contributed by atoms with Gasteiger partial charge >= 0.3 is 26.2 Å². The van der Waals surface area contributed by atoms with Crippen LogP contribution in [0.5, 0.6) is 0 Å². The van der Waals surface area contributed by atoms with Gasteiger partial charge in [-0.25, -0.2) is 12.1 Å². The second-order valence-corrected chi connectivity index (χ2v) is 5.85. The van der Waals surface area contributed by atoms with Crippen LogP contribution in [0, 0.1) is 0 Å². The largest absolute Gasteiger partial charge is 4.00 e. The maximum absolute atomic E-state index is 2.28. The summed E-state index contributed by atoms with van der Waals surface area (Å²) in [6.45, 7) is 13.4. The third-order valence-electron chi connectivity index (χ3n) is 4.75. The van der Waals surface area contributed by atoms with Gasteiger partial charge in [0.15, 0.2) is 0 Å². The number of hydrogen-bond donors (Lipinski definition) is 0. The van der Waals surface area contributed by atoms with Crippen LogP contribution in [0.3, 0.4) is 0 Å². The second-order valence-electron chi connectivity index (χ2n) is 5.85. The molecule has 25 heavy (non-hydrogen) atoms. The van der Waals surface area contributed by atoms with Crippen LogP contribution < -0.4 is 24.8 Å². The van der Waals surface area contributed by atoms with Gasteiger partial charge in [0.05, 0.1) is 0 Å². The van der Waals surface area contributed by atoms with E-state index in [-0.39, 0.29) is 51.0 Å². The molecule has 3 heteroatoms. The molecule has 0 aromatic heterocycles. The summed E-state index contributed by atoms with van der Waals surface area (Å²) in [4.78, 5) is 0. The molecular formula is C22H34Cl2Zr. The zero-order chi connectivity index (χ0) is 16.5. The average Bonchev–Trinajstić information content (AvgIpc) is 3.16. The van der Waals surface area contributed by atoms with E-state index in [4.69, 9.17) is 0 Å². The Bertz CT molecular complexity index is 459. The van der Waals surface area contributed by atoms with Crippen LogP contribution in [0.1, 0.15) is 74.9 Å². The summed E-state index contributed by atoms with van der Waals surface area (Å²) >= 11 is 0. The molecule has 0 atom stereocenters. The van der Waals surface area contributed by atoms with Crippen LogP contribution in [0.15, 0.2) is 24.3 Å². The van der Waals surface area contributed by atoms with Crippen LogP contribution in [-0.2, 0) is 64.7 Å². The number of aryl methyl sites for hydroxylation is 4. The van der Waals surface area contributed by atoms with Gasteiger partial charge in [-0.1, -0.05) is 80.1 Å². The first-order chi connectivity index (χ1) is 10.7. The minimum absolute atomic E-state index is 0. The summed E-state index contributed by atoms with van der Waals surface area (Å²) in [5, 5.41) is 0. The summed E-state index contributed by atoms with van der Waals surface area (Å²) in [5.41, 5.74) is 9.37. The summed E-state index contributed by atoms with van der Waals surface area (Å²) < 4.78 is 0. The van der Waals surface area contributed by atoms with E-state index in [0.717, 1.165) is 0 Å². The van der Waals surface area contributed by atoms with Crippen LogP contribution in [0.4, 0.5) is 0 Å². The average molecular weight is 461 g/mol. The van der Waals surface area contributed by atoms with Gasteiger partial charge in [-0.15, -0.1) is 0 Å². The molecule has 0 saturated carbocycles. The Balaban J connectivity index is -0.000000346. The van der Waals surface area contributed by atoms with Crippen molar-refractivity contribution in [2.24, 2.45) is 0 Å².